The summed E-state index contributed by atoms with van der Waals surface area (Å²) in [5.74, 6) is -0.427. The minimum atomic E-state index is -4.30. The van der Waals surface area contributed by atoms with Crippen molar-refractivity contribution in [1.29, 1.82) is 0 Å². The van der Waals surface area contributed by atoms with Crippen molar-refractivity contribution in [3.05, 3.63) is 123 Å². The fourth-order valence-corrected chi connectivity index (χ4v) is 7.88. The van der Waals surface area contributed by atoms with Gasteiger partial charge in [-0.2, -0.15) is 0 Å². The molecule has 0 aliphatic heterocycles. The molecule has 1 fully saturated rings. The molecule has 2 amide bonds. The number of nitrogens with zero attached hydrogens (tertiary/aromatic N) is 2. The molecule has 4 aromatic rings. The van der Waals surface area contributed by atoms with Gasteiger partial charge in [-0.15, -0.1) is 0 Å². The summed E-state index contributed by atoms with van der Waals surface area (Å²) in [5, 5.41) is 4.13. The van der Waals surface area contributed by atoms with E-state index in [4.69, 9.17) is 39.5 Å². The molecular weight excluding hydrogens is 705 g/mol. The molecule has 0 aromatic heterocycles. The predicted octanol–water partition coefficient (Wildman–Crippen LogP) is 7.94. The molecule has 258 valence electrons. The van der Waals surface area contributed by atoms with Crippen LogP contribution in [-0.4, -0.2) is 50.9 Å². The number of benzene rings is 4. The summed E-state index contributed by atoms with van der Waals surface area (Å²) < 4.78 is 34.8. The van der Waals surface area contributed by atoms with Gasteiger partial charge in [0.15, 0.2) is 0 Å². The fraction of sp³-hybridized carbons (Fsp3) is 0.297. The Morgan fingerprint density at radius 2 is 1.55 bits per heavy atom. The molecule has 1 saturated carbocycles. The maximum absolute atomic E-state index is 14.7. The van der Waals surface area contributed by atoms with Crippen LogP contribution in [0.15, 0.2) is 102 Å². The lowest BCUT2D eigenvalue weighted by atomic mass is 9.94. The van der Waals surface area contributed by atoms with Gasteiger partial charge in [-0.3, -0.25) is 13.9 Å². The topological polar surface area (TPSA) is 96.0 Å². The average molecular weight is 743 g/mol. The van der Waals surface area contributed by atoms with E-state index in [1.807, 2.05) is 30.3 Å². The second kappa shape index (κ2) is 16.8. The van der Waals surface area contributed by atoms with Crippen LogP contribution >= 0.6 is 34.8 Å². The molecule has 1 N–H and O–H groups in total. The highest BCUT2D eigenvalue weighted by molar-refractivity contribution is 7.92. The molecule has 4 aromatic carbocycles. The number of amides is 2. The van der Waals surface area contributed by atoms with E-state index in [0.29, 0.717) is 26.4 Å². The molecule has 8 nitrogen and oxygen atoms in total. The Balaban J connectivity index is 1.57. The first-order valence-corrected chi connectivity index (χ1v) is 18.6. The summed E-state index contributed by atoms with van der Waals surface area (Å²) >= 11 is 18.9. The lowest BCUT2D eigenvalue weighted by Gasteiger charge is -2.35. The summed E-state index contributed by atoms with van der Waals surface area (Å²) in [7, 11) is -2.82. The summed E-state index contributed by atoms with van der Waals surface area (Å²) in [6.45, 7) is -0.644. The molecule has 0 heterocycles. The van der Waals surface area contributed by atoms with E-state index in [-0.39, 0.29) is 35.5 Å². The Kier molecular flexibility index (Phi) is 12.5. The van der Waals surface area contributed by atoms with Gasteiger partial charge in [0, 0.05) is 24.0 Å². The normalized spacial score (nSPS) is 14.1. The third-order valence-electron chi connectivity index (χ3n) is 8.58. The van der Waals surface area contributed by atoms with Crippen LogP contribution in [0, 0.1) is 0 Å². The van der Waals surface area contributed by atoms with E-state index in [0.717, 1.165) is 42.0 Å². The fourth-order valence-electron chi connectivity index (χ4n) is 5.97. The van der Waals surface area contributed by atoms with Gasteiger partial charge in [0.2, 0.25) is 11.8 Å². The number of sulfonamides is 1. The first-order chi connectivity index (χ1) is 23.5. The smallest absolute Gasteiger partial charge is 0.264 e. The molecule has 49 heavy (non-hydrogen) atoms. The van der Waals surface area contributed by atoms with Gasteiger partial charge in [-0.05, 0) is 78.6 Å². The van der Waals surface area contributed by atoms with Crippen LogP contribution in [0.1, 0.15) is 43.2 Å². The number of ether oxygens (including phenoxy) is 1. The minimum Gasteiger partial charge on any atom is -0.497 e. The maximum Gasteiger partial charge on any atom is 0.264 e. The zero-order valence-corrected chi connectivity index (χ0v) is 30.1. The predicted molar refractivity (Wildman–Crippen MR) is 195 cm³/mol. The monoisotopic (exact) mass is 741 g/mol. The molecule has 0 spiro atoms. The summed E-state index contributed by atoms with van der Waals surface area (Å²) in [5.41, 5.74) is 1.66. The van der Waals surface area contributed by atoms with Crippen LogP contribution in [0.4, 0.5) is 5.69 Å². The van der Waals surface area contributed by atoms with Crippen LogP contribution < -0.4 is 14.4 Å². The third kappa shape index (κ3) is 9.48. The first-order valence-electron chi connectivity index (χ1n) is 16.0. The molecule has 0 radical (unpaired) electrons. The van der Waals surface area contributed by atoms with Crippen LogP contribution in [0.3, 0.4) is 0 Å². The zero-order chi connectivity index (χ0) is 35.0. The van der Waals surface area contributed by atoms with E-state index in [1.54, 1.807) is 36.4 Å². The van der Waals surface area contributed by atoms with Crippen molar-refractivity contribution < 1.29 is 22.7 Å². The van der Waals surface area contributed by atoms with E-state index in [1.165, 1.54) is 42.3 Å². The Labute approximate surface area is 303 Å². The van der Waals surface area contributed by atoms with Gasteiger partial charge in [0.1, 0.15) is 18.3 Å². The lowest BCUT2D eigenvalue weighted by Crippen LogP contribution is -2.55. The quantitative estimate of drug-likeness (QED) is 0.150. The van der Waals surface area contributed by atoms with Gasteiger partial charge in [-0.25, -0.2) is 8.42 Å². The molecule has 0 saturated heterocycles. The molecule has 0 bridgehead atoms. The Hall–Kier alpha value is -3.76. The van der Waals surface area contributed by atoms with Crippen molar-refractivity contribution in [3.63, 3.8) is 0 Å². The first kappa shape index (κ1) is 36.5. The van der Waals surface area contributed by atoms with Crippen LogP contribution in [0.5, 0.6) is 5.75 Å². The molecular formula is C37H38Cl3N3O5S. The second-order valence-electron chi connectivity index (χ2n) is 12.0. The molecule has 1 atom stereocenters. The minimum absolute atomic E-state index is 0.0140. The number of halogens is 3. The van der Waals surface area contributed by atoms with Crippen LogP contribution in [-0.2, 0) is 32.6 Å². The Morgan fingerprint density at radius 3 is 2.20 bits per heavy atom. The number of rotatable bonds is 13. The molecule has 5 rings (SSSR count). The summed E-state index contributed by atoms with van der Waals surface area (Å²) in [6, 6.07) is 25.6. The van der Waals surface area contributed by atoms with E-state index in [2.05, 4.69) is 5.32 Å². The second-order valence-corrected chi connectivity index (χ2v) is 15.1. The number of hydrogen-bond donors (Lipinski definition) is 1. The number of carbonyl (C=O) groups is 2. The maximum atomic E-state index is 14.7. The van der Waals surface area contributed by atoms with Crippen LogP contribution in [0.2, 0.25) is 15.1 Å². The highest BCUT2D eigenvalue weighted by Gasteiger charge is 2.35. The van der Waals surface area contributed by atoms with Gasteiger partial charge in [0.05, 0.1) is 27.7 Å². The van der Waals surface area contributed by atoms with Gasteiger partial charge < -0.3 is 15.0 Å². The summed E-state index contributed by atoms with van der Waals surface area (Å²) in [4.78, 5) is 30.3. The van der Waals surface area contributed by atoms with Gasteiger partial charge >= 0.3 is 0 Å². The van der Waals surface area contributed by atoms with E-state index < -0.39 is 28.5 Å². The lowest BCUT2D eigenvalue weighted by molar-refractivity contribution is -0.140. The van der Waals surface area contributed by atoms with Crippen molar-refractivity contribution in [2.45, 2.75) is 62.0 Å². The number of anilines is 1. The van der Waals surface area contributed by atoms with Gasteiger partial charge in [-0.1, -0.05) is 96.5 Å². The molecule has 1 aliphatic carbocycles. The third-order valence-corrected chi connectivity index (χ3v) is 11.3. The van der Waals surface area contributed by atoms with Crippen molar-refractivity contribution in [2.24, 2.45) is 0 Å². The zero-order valence-electron chi connectivity index (χ0n) is 27.0. The number of carbonyl (C=O) groups excluding carboxylic acids is 2. The highest BCUT2D eigenvalue weighted by Crippen LogP contribution is 2.29. The van der Waals surface area contributed by atoms with E-state index in [9.17, 15) is 18.0 Å². The van der Waals surface area contributed by atoms with Crippen molar-refractivity contribution in [3.8, 4) is 5.75 Å². The molecule has 12 heteroatoms. The largest absolute Gasteiger partial charge is 0.497 e. The van der Waals surface area contributed by atoms with E-state index >= 15 is 0 Å². The summed E-state index contributed by atoms with van der Waals surface area (Å²) in [6.07, 6.45) is 5.05. The van der Waals surface area contributed by atoms with Crippen molar-refractivity contribution >= 4 is 62.3 Å². The average Bonchev–Trinajstić information content (AvgIpc) is 3.11. The molecule has 0 unspecified atom stereocenters. The van der Waals surface area contributed by atoms with Crippen LogP contribution in [0.25, 0.3) is 0 Å². The standard InChI is InChI=1S/C37H38Cl3N3O5S/c1-48-31-16-18-32(19-17-31)49(46,47)43(30-14-8-11-28(38)23-30)25-36(44)42(24-27-15-20-33(39)34(40)21-27)35(22-26-9-4-2-5-10-26)37(45)41-29-12-6-3-7-13-29/h2,4-5,8-11,14-21,23,29,35H,3,6-7,12-13,22,24-25H2,1H3,(H,41,45)/t35-/m0/s1. The number of hydrogen-bond acceptors (Lipinski definition) is 5. The van der Waals surface area contributed by atoms with Crippen molar-refractivity contribution in [1.82, 2.24) is 10.2 Å². The highest BCUT2D eigenvalue weighted by atomic mass is 35.5. The van der Waals surface area contributed by atoms with Gasteiger partial charge in [0.25, 0.3) is 10.0 Å². The number of methoxy groups -OCH3 is 1. The molecule has 1 aliphatic rings. The Morgan fingerprint density at radius 1 is 0.837 bits per heavy atom. The SMILES string of the molecule is COc1ccc(S(=O)(=O)N(CC(=O)N(Cc2ccc(Cl)c(Cl)c2)[C@@H](Cc2ccccc2)C(=O)NC2CCCCC2)c2cccc(Cl)c2)cc1. The van der Waals surface area contributed by atoms with Crippen molar-refractivity contribution in [2.75, 3.05) is 18.0 Å². The Bertz CT molecular complexity index is 1850. The number of nitrogens with one attached hydrogen (secondary N) is 1.